The molecule has 0 aromatic heterocycles. The van der Waals surface area contributed by atoms with Crippen LogP contribution in [0.15, 0.2) is 0 Å². The van der Waals surface area contributed by atoms with Gasteiger partial charge in [0.05, 0.1) is 0 Å². The van der Waals surface area contributed by atoms with Gasteiger partial charge in [0.15, 0.2) is 17.4 Å². The summed E-state index contributed by atoms with van der Waals surface area (Å²) in [6.45, 7) is 12.9. The summed E-state index contributed by atoms with van der Waals surface area (Å²) in [6.07, 6.45) is 0. The molecule has 12 heavy (non-hydrogen) atoms. The lowest BCUT2D eigenvalue weighted by atomic mass is 11.0. The van der Waals surface area contributed by atoms with Gasteiger partial charge in [0.1, 0.15) is 0 Å². The molecule has 0 spiro atoms. The molecular weight excluding hydrogens is 200 g/mol. The van der Waals surface area contributed by atoms with Crippen LogP contribution in [0.2, 0.25) is 38.8 Å². The highest BCUT2D eigenvalue weighted by atomic mass is 28.4. The van der Waals surface area contributed by atoms with E-state index < -0.39 is 26.8 Å². The zero-order valence-corrected chi connectivity index (χ0v) is 12.5. The molecule has 0 aromatic rings. The van der Waals surface area contributed by atoms with Crippen LogP contribution in [0, 0.1) is 0 Å². The van der Waals surface area contributed by atoms with Crippen LogP contribution < -0.4 is 0 Å². The van der Waals surface area contributed by atoms with Gasteiger partial charge >= 0.3 is 0 Å². The standard InChI is InChI=1S/C6H18OSi2.CH4OSi/c1-6-9(4,5)7-8(2)3;1-3-2/h8H,6H2,1-5H3;3H,1H3. The summed E-state index contributed by atoms with van der Waals surface area (Å²) in [7, 11) is -2.43. The Hall–Kier alpha value is 0.411. The molecule has 0 atom stereocenters. The Bertz CT molecular complexity index is 115. The van der Waals surface area contributed by atoms with Gasteiger partial charge in [0.2, 0.25) is 0 Å². The molecule has 5 heteroatoms. The van der Waals surface area contributed by atoms with Crippen molar-refractivity contribution in [1.29, 1.82) is 0 Å². The van der Waals surface area contributed by atoms with E-state index in [0.29, 0.717) is 0 Å². The van der Waals surface area contributed by atoms with Gasteiger partial charge in [-0.2, -0.15) is 0 Å². The molecule has 0 unspecified atom stereocenters. The monoisotopic (exact) mass is 222 g/mol. The maximum atomic E-state index is 9.01. The SMILES string of the molecule is CC[Si](C)(C)O[SiH](C)C.C[SiH]=O. The Labute approximate surface area is 81.5 Å². The zero-order valence-electron chi connectivity index (χ0n) is 9.18. The van der Waals surface area contributed by atoms with Crippen LogP contribution in [-0.2, 0) is 8.58 Å². The first-order valence-corrected chi connectivity index (χ1v) is 12.0. The Morgan fingerprint density at radius 3 is 1.83 bits per heavy atom. The smallest absolute Gasteiger partial charge is 0.257 e. The van der Waals surface area contributed by atoms with Crippen LogP contribution in [0.4, 0.5) is 0 Å². The van der Waals surface area contributed by atoms with Gasteiger partial charge in [-0.25, -0.2) is 0 Å². The molecule has 0 aliphatic carbocycles. The molecule has 0 aromatic carbocycles. The van der Waals surface area contributed by atoms with E-state index in [1.165, 1.54) is 6.04 Å². The minimum absolute atomic E-state index is 0.500. The van der Waals surface area contributed by atoms with Crippen LogP contribution in [-0.4, -0.2) is 26.8 Å². The molecule has 0 aliphatic heterocycles. The first-order valence-electron chi connectivity index (χ1n) is 4.47. The van der Waals surface area contributed by atoms with Crippen molar-refractivity contribution in [3.63, 3.8) is 0 Å². The van der Waals surface area contributed by atoms with E-state index in [0.717, 1.165) is 0 Å². The first-order chi connectivity index (χ1) is 5.39. The largest absolute Gasteiger partial charge is 0.458 e. The van der Waals surface area contributed by atoms with Gasteiger partial charge in [-0.05, 0) is 38.8 Å². The van der Waals surface area contributed by atoms with Crippen molar-refractivity contribution in [2.75, 3.05) is 0 Å². The predicted molar refractivity (Wildman–Crippen MR) is 61.6 cm³/mol. The van der Waals surface area contributed by atoms with Crippen LogP contribution in [0.25, 0.3) is 0 Å². The summed E-state index contributed by atoms with van der Waals surface area (Å²) < 4.78 is 14.9. The lowest BCUT2D eigenvalue weighted by Crippen LogP contribution is -2.34. The highest BCUT2D eigenvalue weighted by Crippen LogP contribution is 2.10. The number of rotatable bonds is 3. The zero-order chi connectivity index (χ0) is 10.2. The Morgan fingerprint density at radius 2 is 1.75 bits per heavy atom. The fraction of sp³-hybridized carbons (Fsp3) is 1.00. The highest BCUT2D eigenvalue weighted by Gasteiger charge is 2.19. The molecular formula is C7H22O2Si3. The lowest BCUT2D eigenvalue weighted by Gasteiger charge is -2.23. The van der Waals surface area contributed by atoms with Gasteiger partial charge in [-0.3, -0.25) is 0 Å². The maximum Gasteiger partial charge on any atom is 0.257 e. The van der Waals surface area contributed by atoms with E-state index in [1.54, 1.807) is 6.55 Å². The van der Waals surface area contributed by atoms with Gasteiger partial charge in [0.25, 0.3) is 9.41 Å². The molecule has 0 N–H and O–H groups in total. The van der Waals surface area contributed by atoms with E-state index in [2.05, 4.69) is 33.1 Å². The molecule has 0 bridgehead atoms. The number of hydrogen-bond acceptors (Lipinski definition) is 2. The van der Waals surface area contributed by atoms with Crippen LogP contribution in [0.1, 0.15) is 6.92 Å². The molecule has 2 nitrogen and oxygen atoms in total. The van der Waals surface area contributed by atoms with Crippen LogP contribution in [0.5, 0.6) is 0 Å². The normalized spacial score (nSPS) is 10.6. The van der Waals surface area contributed by atoms with E-state index in [-0.39, 0.29) is 0 Å². The number of hydrogen-bond donors (Lipinski definition) is 0. The van der Waals surface area contributed by atoms with E-state index in [9.17, 15) is 0 Å². The van der Waals surface area contributed by atoms with Gasteiger partial charge in [0, 0.05) is 0 Å². The summed E-state index contributed by atoms with van der Waals surface area (Å²) in [5.74, 6) is 0. The molecule has 74 valence electrons. The van der Waals surface area contributed by atoms with Crippen molar-refractivity contribution in [3.05, 3.63) is 0 Å². The van der Waals surface area contributed by atoms with E-state index in [4.69, 9.17) is 8.58 Å². The third-order valence-corrected chi connectivity index (χ3v) is 7.55. The van der Waals surface area contributed by atoms with Crippen molar-refractivity contribution < 1.29 is 8.58 Å². The quantitative estimate of drug-likeness (QED) is 0.683. The summed E-state index contributed by atoms with van der Waals surface area (Å²) in [5.41, 5.74) is 0. The van der Waals surface area contributed by atoms with Crippen molar-refractivity contribution in [2.24, 2.45) is 0 Å². The van der Waals surface area contributed by atoms with Crippen molar-refractivity contribution in [1.82, 2.24) is 0 Å². The molecule has 0 radical (unpaired) electrons. The van der Waals surface area contributed by atoms with Crippen molar-refractivity contribution >= 4 is 26.8 Å². The first kappa shape index (κ1) is 14.9. The predicted octanol–water partition coefficient (Wildman–Crippen LogP) is 2.03. The third kappa shape index (κ3) is 13.0. The second-order valence-electron chi connectivity index (χ2n) is 3.52. The Kier molecular flexibility index (Phi) is 9.98. The second-order valence-corrected chi connectivity index (χ2v) is 11.3. The third-order valence-electron chi connectivity index (χ3n) is 1.41. The maximum absolute atomic E-state index is 9.01. The minimum Gasteiger partial charge on any atom is -0.458 e. The summed E-state index contributed by atoms with van der Waals surface area (Å²) in [6, 6.07) is 1.25. The van der Waals surface area contributed by atoms with Crippen molar-refractivity contribution in [3.8, 4) is 0 Å². The molecule has 0 aliphatic rings. The topological polar surface area (TPSA) is 26.3 Å². The molecule has 0 saturated heterocycles. The van der Waals surface area contributed by atoms with Gasteiger partial charge in [-0.1, -0.05) is 6.92 Å². The molecule has 0 amide bonds. The van der Waals surface area contributed by atoms with E-state index >= 15 is 0 Å². The molecule has 0 rings (SSSR count). The van der Waals surface area contributed by atoms with Gasteiger partial charge < -0.3 is 8.58 Å². The summed E-state index contributed by atoms with van der Waals surface area (Å²) in [5, 5.41) is 0. The summed E-state index contributed by atoms with van der Waals surface area (Å²) >= 11 is 0. The van der Waals surface area contributed by atoms with Crippen molar-refractivity contribution in [2.45, 2.75) is 45.7 Å². The molecule has 0 fully saturated rings. The fourth-order valence-electron chi connectivity index (χ4n) is 0.721. The lowest BCUT2D eigenvalue weighted by molar-refractivity contribution is 0.573. The van der Waals surface area contributed by atoms with Crippen LogP contribution in [0.3, 0.4) is 0 Å². The second kappa shape index (κ2) is 8.03. The van der Waals surface area contributed by atoms with Gasteiger partial charge in [-0.15, -0.1) is 0 Å². The highest BCUT2D eigenvalue weighted by molar-refractivity contribution is 6.77. The average molecular weight is 223 g/mol. The van der Waals surface area contributed by atoms with Crippen LogP contribution >= 0.6 is 0 Å². The summed E-state index contributed by atoms with van der Waals surface area (Å²) in [4.78, 5) is 0. The minimum atomic E-state index is -1.18. The molecule has 0 heterocycles. The Balaban J connectivity index is 0. The fourth-order valence-corrected chi connectivity index (χ4v) is 6.49. The Morgan fingerprint density at radius 1 is 1.42 bits per heavy atom. The van der Waals surface area contributed by atoms with E-state index in [1.807, 2.05) is 0 Å². The average Bonchev–Trinajstić information content (AvgIpc) is 1.87. The molecule has 0 saturated carbocycles.